The number of aromatic nitrogens is 2. The zero-order valence-corrected chi connectivity index (χ0v) is 15.2. The molecule has 0 saturated heterocycles. The van der Waals surface area contributed by atoms with Crippen LogP contribution in [-0.2, 0) is 0 Å². The van der Waals surface area contributed by atoms with Crippen LogP contribution >= 0.6 is 11.6 Å². The molecule has 138 valence electrons. The fraction of sp³-hybridized carbons (Fsp3) is 0.294. The van der Waals surface area contributed by atoms with Crippen LogP contribution in [0.15, 0.2) is 24.3 Å². The number of nitrogens with one attached hydrogen (secondary N) is 1. The Kier molecular flexibility index (Phi) is 6.35. The lowest BCUT2D eigenvalue weighted by Gasteiger charge is -2.17. The van der Waals surface area contributed by atoms with Crippen molar-refractivity contribution in [1.29, 1.82) is 0 Å². The Balaban J connectivity index is 2.27. The van der Waals surface area contributed by atoms with Gasteiger partial charge in [0, 0.05) is 5.56 Å². The summed E-state index contributed by atoms with van der Waals surface area (Å²) in [5, 5.41) is 18.7. The number of halogens is 1. The first-order valence-corrected chi connectivity index (χ1v) is 8.21. The number of hydrogen-bond acceptors (Lipinski definition) is 6. The minimum absolute atomic E-state index is 0.108. The van der Waals surface area contributed by atoms with Gasteiger partial charge in [-0.3, -0.25) is 4.79 Å². The molecule has 2 N–H and O–H groups in total. The van der Waals surface area contributed by atoms with Crippen molar-refractivity contribution >= 4 is 29.3 Å². The molecule has 0 atom stereocenters. The highest BCUT2D eigenvalue weighted by atomic mass is 35.5. The van der Waals surface area contributed by atoms with Crippen LogP contribution in [0.1, 0.15) is 41.6 Å². The highest BCUT2D eigenvalue weighted by molar-refractivity contribution is 6.32. The summed E-state index contributed by atoms with van der Waals surface area (Å²) in [6, 6.07) is 5.55. The van der Waals surface area contributed by atoms with E-state index in [0.717, 1.165) is 0 Å². The highest BCUT2D eigenvalue weighted by Gasteiger charge is 2.18. The molecule has 1 aromatic carbocycles. The Morgan fingerprint density at radius 3 is 2.54 bits per heavy atom. The number of carboxylic acids is 1. The molecule has 2 aromatic rings. The van der Waals surface area contributed by atoms with Gasteiger partial charge in [0.2, 0.25) is 0 Å². The second kappa shape index (κ2) is 8.48. The maximum Gasteiger partial charge on any atom is 0.356 e. The summed E-state index contributed by atoms with van der Waals surface area (Å²) in [6.07, 6.45) is -0.141. The lowest BCUT2D eigenvalue weighted by atomic mass is 10.2. The molecule has 0 aliphatic heterocycles. The van der Waals surface area contributed by atoms with E-state index in [1.54, 1.807) is 0 Å². The van der Waals surface area contributed by atoms with Gasteiger partial charge in [0.25, 0.3) is 5.91 Å². The lowest BCUT2D eigenvalue weighted by molar-refractivity contribution is 0.0689. The van der Waals surface area contributed by atoms with Crippen LogP contribution in [0.25, 0.3) is 0 Å². The number of amides is 1. The standard InChI is InChI=1S/C17H18ClN3O5/c1-4-25-15-11(18)7-10(8-13(15)26-9(2)3)16(22)19-14-6-5-12(17(23)24)20-21-14/h5-9H,4H2,1-3H3,(H,23,24)(H,19,21,22). The summed E-state index contributed by atoms with van der Waals surface area (Å²) in [5.41, 5.74) is 0.0120. The minimum atomic E-state index is -1.20. The number of ether oxygens (including phenoxy) is 2. The first-order chi connectivity index (χ1) is 12.3. The van der Waals surface area contributed by atoms with E-state index in [4.69, 9.17) is 26.2 Å². The van der Waals surface area contributed by atoms with Gasteiger partial charge in [0.15, 0.2) is 23.0 Å². The van der Waals surface area contributed by atoms with E-state index in [9.17, 15) is 9.59 Å². The number of hydrogen-bond donors (Lipinski definition) is 2. The van der Waals surface area contributed by atoms with Gasteiger partial charge in [-0.1, -0.05) is 11.6 Å². The number of carboxylic acid groups (broad SMARTS) is 1. The van der Waals surface area contributed by atoms with Crippen molar-refractivity contribution in [2.24, 2.45) is 0 Å². The topological polar surface area (TPSA) is 111 Å². The molecule has 26 heavy (non-hydrogen) atoms. The molecule has 0 radical (unpaired) electrons. The molecule has 9 heteroatoms. The van der Waals surface area contributed by atoms with Crippen LogP contribution in [0.2, 0.25) is 5.02 Å². The summed E-state index contributed by atoms with van der Waals surface area (Å²) in [5.74, 6) is -0.877. The molecule has 2 rings (SSSR count). The van der Waals surface area contributed by atoms with Crippen molar-refractivity contribution in [1.82, 2.24) is 10.2 Å². The van der Waals surface area contributed by atoms with Crippen molar-refractivity contribution < 1.29 is 24.2 Å². The average molecular weight is 380 g/mol. The number of carbonyl (C=O) groups excluding carboxylic acids is 1. The third kappa shape index (κ3) is 4.82. The largest absolute Gasteiger partial charge is 0.488 e. The molecule has 1 aromatic heterocycles. The number of benzene rings is 1. The summed E-state index contributed by atoms with van der Waals surface area (Å²) < 4.78 is 11.2. The first kappa shape index (κ1) is 19.5. The smallest absolute Gasteiger partial charge is 0.356 e. The molecule has 1 heterocycles. The maximum atomic E-state index is 12.4. The molecular formula is C17H18ClN3O5. The number of anilines is 1. The van der Waals surface area contributed by atoms with Gasteiger partial charge in [-0.15, -0.1) is 10.2 Å². The summed E-state index contributed by atoms with van der Waals surface area (Å²) in [7, 11) is 0. The van der Waals surface area contributed by atoms with Crippen LogP contribution in [-0.4, -0.2) is 39.9 Å². The molecule has 0 spiro atoms. The highest BCUT2D eigenvalue weighted by Crippen LogP contribution is 2.37. The van der Waals surface area contributed by atoms with Crippen LogP contribution < -0.4 is 14.8 Å². The van der Waals surface area contributed by atoms with Gasteiger partial charge in [-0.2, -0.15) is 0 Å². The Hall–Kier alpha value is -2.87. The number of rotatable bonds is 7. The Labute approximate surface area is 155 Å². The quantitative estimate of drug-likeness (QED) is 0.759. The van der Waals surface area contributed by atoms with Crippen molar-refractivity contribution in [2.45, 2.75) is 26.9 Å². The van der Waals surface area contributed by atoms with Gasteiger partial charge < -0.3 is 19.9 Å². The van der Waals surface area contributed by atoms with E-state index in [-0.39, 0.29) is 28.2 Å². The van der Waals surface area contributed by atoms with E-state index < -0.39 is 11.9 Å². The normalized spacial score (nSPS) is 10.5. The van der Waals surface area contributed by atoms with E-state index in [1.807, 2.05) is 20.8 Å². The molecule has 0 fully saturated rings. The van der Waals surface area contributed by atoms with E-state index in [2.05, 4.69) is 15.5 Å². The van der Waals surface area contributed by atoms with Crippen LogP contribution in [0.5, 0.6) is 11.5 Å². The van der Waals surface area contributed by atoms with Crippen LogP contribution in [0.4, 0.5) is 5.82 Å². The summed E-state index contributed by atoms with van der Waals surface area (Å²) in [6.45, 7) is 5.90. The molecule has 0 aliphatic carbocycles. The van der Waals surface area contributed by atoms with Crippen LogP contribution in [0.3, 0.4) is 0 Å². The average Bonchev–Trinajstić information content (AvgIpc) is 2.57. The van der Waals surface area contributed by atoms with Gasteiger partial charge >= 0.3 is 5.97 Å². The molecule has 0 bridgehead atoms. The molecule has 1 amide bonds. The molecule has 0 saturated carbocycles. The maximum absolute atomic E-state index is 12.4. The van der Waals surface area contributed by atoms with Crippen molar-refractivity contribution in [2.75, 3.05) is 11.9 Å². The first-order valence-electron chi connectivity index (χ1n) is 7.83. The second-order valence-electron chi connectivity index (χ2n) is 5.45. The van der Waals surface area contributed by atoms with Crippen molar-refractivity contribution in [3.63, 3.8) is 0 Å². The molecule has 8 nitrogen and oxygen atoms in total. The number of aromatic carboxylic acids is 1. The van der Waals surface area contributed by atoms with Gasteiger partial charge in [0.1, 0.15) is 0 Å². The molecule has 0 unspecified atom stereocenters. The zero-order chi connectivity index (χ0) is 19.3. The molecular weight excluding hydrogens is 362 g/mol. The van der Waals surface area contributed by atoms with E-state index in [1.165, 1.54) is 24.3 Å². The Morgan fingerprint density at radius 1 is 1.27 bits per heavy atom. The van der Waals surface area contributed by atoms with Gasteiger partial charge in [-0.05, 0) is 45.0 Å². The Bertz CT molecular complexity index is 809. The van der Waals surface area contributed by atoms with E-state index >= 15 is 0 Å². The SMILES string of the molecule is CCOc1c(Cl)cc(C(=O)Nc2ccc(C(=O)O)nn2)cc1OC(C)C. The zero-order valence-electron chi connectivity index (χ0n) is 14.4. The number of nitrogens with zero attached hydrogens (tertiary/aromatic N) is 2. The number of carbonyl (C=O) groups is 2. The fourth-order valence-electron chi connectivity index (χ4n) is 2.03. The monoisotopic (exact) mass is 379 g/mol. The fourth-order valence-corrected chi connectivity index (χ4v) is 2.29. The lowest BCUT2D eigenvalue weighted by Crippen LogP contribution is -2.15. The third-order valence-electron chi connectivity index (χ3n) is 3.05. The van der Waals surface area contributed by atoms with Crippen molar-refractivity contribution in [3.05, 3.63) is 40.5 Å². The third-order valence-corrected chi connectivity index (χ3v) is 3.33. The van der Waals surface area contributed by atoms with E-state index in [0.29, 0.717) is 18.1 Å². The minimum Gasteiger partial charge on any atom is -0.488 e. The summed E-state index contributed by atoms with van der Waals surface area (Å²) >= 11 is 6.22. The predicted octanol–water partition coefficient (Wildman–Crippen LogP) is 3.27. The van der Waals surface area contributed by atoms with Gasteiger partial charge in [0.05, 0.1) is 17.7 Å². The Morgan fingerprint density at radius 2 is 2.00 bits per heavy atom. The molecule has 0 aliphatic rings. The van der Waals surface area contributed by atoms with Gasteiger partial charge in [-0.25, -0.2) is 4.79 Å². The summed E-state index contributed by atoms with van der Waals surface area (Å²) in [4.78, 5) is 23.2. The van der Waals surface area contributed by atoms with Crippen LogP contribution in [0, 0.1) is 0 Å². The van der Waals surface area contributed by atoms with Crippen molar-refractivity contribution in [3.8, 4) is 11.5 Å². The second-order valence-corrected chi connectivity index (χ2v) is 5.86. The predicted molar refractivity (Wildman–Crippen MR) is 95.3 cm³/mol.